The lowest BCUT2D eigenvalue weighted by atomic mass is 10.1. The van der Waals surface area contributed by atoms with E-state index in [-0.39, 0.29) is 23.3 Å². The van der Waals surface area contributed by atoms with Crippen LogP contribution in [0.3, 0.4) is 0 Å². The SMILES string of the molecule is O=C(NC[C@H]1CCCO1)c1ccccc1NS(=O)(=O)/C=C/c1ccccc1. The van der Waals surface area contributed by atoms with Gasteiger partial charge in [-0.1, -0.05) is 42.5 Å². The summed E-state index contributed by atoms with van der Waals surface area (Å²) < 4.78 is 32.7. The molecule has 0 unspecified atom stereocenters. The summed E-state index contributed by atoms with van der Waals surface area (Å²) in [7, 11) is -3.75. The molecule has 0 spiro atoms. The predicted molar refractivity (Wildman–Crippen MR) is 106 cm³/mol. The zero-order valence-electron chi connectivity index (χ0n) is 14.8. The number of carbonyl (C=O) groups is 1. The normalized spacial score (nSPS) is 17.1. The Balaban J connectivity index is 1.69. The second-order valence-corrected chi connectivity index (χ2v) is 7.82. The summed E-state index contributed by atoms with van der Waals surface area (Å²) in [5.41, 5.74) is 1.28. The molecule has 142 valence electrons. The molecule has 1 heterocycles. The Labute approximate surface area is 159 Å². The van der Waals surface area contributed by atoms with Gasteiger partial charge >= 0.3 is 0 Å². The Morgan fingerprint density at radius 3 is 2.59 bits per heavy atom. The zero-order valence-corrected chi connectivity index (χ0v) is 15.6. The lowest BCUT2D eigenvalue weighted by Gasteiger charge is -2.13. The zero-order chi connectivity index (χ0) is 19.1. The number of hydrogen-bond donors (Lipinski definition) is 2. The molecule has 6 nitrogen and oxygen atoms in total. The maximum atomic E-state index is 12.5. The Hall–Kier alpha value is -2.64. The number of ether oxygens (including phenoxy) is 1. The van der Waals surface area contributed by atoms with Crippen LogP contribution in [-0.4, -0.2) is 33.6 Å². The molecule has 1 aliphatic rings. The molecule has 2 aromatic carbocycles. The van der Waals surface area contributed by atoms with Crippen LogP contribution in [0.5, 0.6) is 0 Å². The molecule has 2 N–H and O–H groups in total. The summed E-state index contributed by atoms with van der Waals surface area (Å²) in [5, 5.41) is 3.89. The van der Waals surface area contributed by atoms with Crippen molar-refractivity contribution in [2.24, 2.45) is 0 Å². The van der Waals surface area contributed by atoms with Crippen LogP contribution in [0, 0.1) is 0 Å². The van der Waals surface area contributed by atoms with Crippen LogP contribution in [0.15, 0.2) is 60.0 Å². The topological polar surface area (TPSA) is 84.5 Å². The van der Waals surface area contributed by atoms with E-state index >= 15 is 0 Å². The van der Waals surface area contributed by atoms with Gasteiger partial charge in [0.05, 0.1) is 22.8 Å². The Morgan fingerprint density at radius 1 is 1.11 bits per heavy atom. The highest BCUT2D eigenvalue weighted by atomic mass is 32.2. The third-order valence-corrected chi connectivity index (χ3v) is 5.18. The van der Waals surface area contributed by atoms with E-state index in [0.717, 1.165) is 23.8 Å². The lowest BCUT2D eigenvalue weighted by Crippen LogP contribution is -2.32. The Bertz CT molecular complexity index is 905. The van der Waals surface area contributed by atoms with Crippen LogP contribution in [-0.2, 0) is 14.8 Å². The quantitative estimate of drug-likeness (QED) is 0.766. The first-order chi connectivity index (χ1) is 13.0. The third kappa shape index (κ3) is 5.67. The number of rotatable bonds is 7. The van der Waals surface area contributed by atoms with Gasteiger partial charge in [0.15, 0.2) is 0 Å². The van der Waals surface area contributed by atoms with Crippen molar-refractivity contribution >= 4 is 27.7 Å². The van der Waals surface area contributed by atoms with Crippen LogP contribution < -0.4 is 10.0 Å². The van der Waals surface area contributed by atoms with Crippen molar-refractivity contribution in [1.82, 2.24) is 5.32 Å². The number of amides is 1. The second kappa shape index (κ2) is 8.83. The van der Waals surface area contributed by atoms with Crippen molar-refractivity contribution in [3.05, 3.63) is 71.1 Å². The van der Waals surface area contributed by atoms with Gasteiger partial charge in [-0.25, -0.2) is 8.42 Å². The molecule has 1 amide bonds. The number of carbonyl (C=O) groups excluding carboxylic acids is 1. The highest BCUT2D eigenvalue weighted by Crippen LogP contribution is 2.18. The predicted octanol–water partition coefficient (Wildman–Crippen LogP) is 3.01. The van der Waals surface area contributed by atoms with E-state index in [2.05, 4.69) is 10.0 Å². The molecule has 7 heteroatoms. The van der Waals surface area contributed by atoms with Gasteiger partial charge in [-0.3, -0.25) is 9.52 Å². The van der Waals surface area contributed by atoms with Crippen molar-refractivity contribution < 1.29 is 17.9 Å². The van der Waals surface area contributed by atoms with E-state index in [1.54, 1.807) is 36.4 Å². The third-order valence-electron chi connectivity index (χ3n) is 4.18. The van der Waals surface area contributed by atoms with Gasteiger partial charge in [0.1, 0.15) is 0 Å². The summed E-state index contributed by atoms with van der Waals surface area (Å²) in [6.07, 6.45) is 3.43. The molecule has 0 saturated carbocycles. The van der Waals surface area contributed by atoms with Crippen LogP contribution in [0.4, 0.5) is 5.69 Å². The van der Waals surface area contributed by atoms with E-state index in [4.69, 9.17) is 4.74 Å². The summed E-state index contributed by atoms with van der Waals surface area (Å²) in [6.45, 7) is 1.12. The van der Waals surface area contributed by atoms with E-state index in [1.807, 2.05) is 18.2 Å². The van der Waals surface area contributed by atoms with Crippen LogP contribution >= 0.6 is 0 Å². The minimum absolute atomic E-state index is 0.0200. The van der Waals surface area contributed by atoms with Gasteiger partial charge < -0.3 is 10.1 Å². The fourth-order valence-electron chi connectivity index (χ4n) is 2.80. The van der Waals surface area contributed by atoms with Gasteiger partial charge in [0.25, 0.3) is 15.9 Å². The number of sulfonamides is 1. The van der Waals surface area contributed by atoms with Gasteiger partial charge in [0.2, 0.25) is 0 Å². The number of nitrogens with one attached hydrogen (secondary N) is 2. The lowest BCUT2D eigenvalue weighted by molar-refractivity contribution is 0.0858. The molecule has 1 fully saturated rings. The van der Waals surface area contributed by atoms with Gasteiger partial charge in [-0.05, 0) is 36.6 Å². The Morgan fingerprint density at radius 2 is 1.85 bits per heavy atom. The molecule has 0 aliphatic carbocycles. The molecular weight excluding hydrogens is 364 g/mol. The number of para-hydroxylation sites is 1. The highest BCUT2D eigenvalue weighted by Gasteiger charge is 2.19. The van der Waals surface area contributed by atoms with Gasteiger partial charge in [0, 0.05) is 13.2 Å². The summed E-state index contributed by atoms with van der Waals surface area (Å²) in [5.74, 6) is -0.337. The van der Waals surface area contributed by atoms with Crippen LogP contribution in [0.2, 0.25) is 0 Å². The van der Waals surface area contributed by atoms with E-state index in [1.165, 1.54) is 6.08 Å². The first kappa shape index (κ1) is 19.1. The fraction of sp³-hybridized carbons (Fsp3) is 0.250. The maximum absolute atomic E-state index is 12.5. The molecular formula is C20H22N2O4S. The van der Waals surface area contributed by atoms with Crippen molar-refractivity contribution in [3.8, 4) is 0 Å². The maximum Gasteiger partial charge on any atom is 0.255 e. The highest BCUT2D eigenvalue weighted by molar-refractivity contribution is 7.95. The molecule has 0 bridgehead atoms. The molecule has 27 heavy (non-hydrogen) atoms. The minimum atomic E-state index is -3.75. The molecule has 1 saturated heterocycles. The minimum Gasteiger partial charge on any atom is -0.376 e. The standard InChI is InChI=1S/C20H22N2O4S/c23-20(21-15-17-9-6-13-26-17)18-10-4-5-11-19(18)22-27(24,25)14-12-16-7-2-1-3-8-16/h1-5,7-8,10-12,14,17,22H,6,9,13,15H2,(H,21,23)/b14-12+/t17-/m1/s1. The monoisotopic (exact) mass is 386 g/mol. The van der Waals surface area contributed by atoms with Crippen LogP contribution in [0.25, 0.3) is 6.08 Å². The van der Waals surface area contributed by atoms with Crippen molar-refractivity contribution in [2.45, 2.75) is 18.9 Å². The average molecular weight is 386 g/mol. The van der Waals surface area contributed by atoms with Crippen LogP contribution in [0.1, 0.15) is 28.8 Å². The second-order valence-electron chi connectivity index (χ2n) is 6.25. The summed E-state index contributed by atoms with van der Waals surface area (Å²) in [4.78, 5) is 12.5. The summed E-state index contributed by atoms with van der Waals surface area (Å²) in [6, 6.07) is 15.6. The number of hydrogen-bond acceptors (Lipinski definition) is 4. The molecule has 0 radical (unpaired) electrons. The molecule has 2 aromatic rings. The van der Waals surface area contributed by atoms with E-state index in [9.17, 15) is 13.2 Å². The van der Waals surface area contributed by atoms with Crippen molar-refractivity contribution in [3.63, 3.8) is 0 Å². The molecule has 1 atom stereocenters. The van der Waals surface area contributed by atoms with Gasteiger partial charge in [-0.2, -0.15) is 0 Å². The fourth-order valence-corrected chi connectivity index (χ4v) is 3.69. The first-order valence-corrected chi connectivity index (χ1v) is 10.3. The number of anilines is 1. The number of benzene rings is 2. The van der Waals surface area contributed by atoms with E-state index < -0.39 is 10.0 Å². The summed E-state index contributed by atoms with van der Waals surface area (Å²) >= 11 is 0. The Kier molecular flexibility index (Phi) is 6.26. The molecule has 0 aromatic heterocycles. The van der Waals surface area contributed by atoms with Crippen molar-refractivity contribution in [1.29, 1.82) is 0 Å². The van der Waals surface area contributed by atoms with E-state index in [0.29, 0.717) is 13.2 Å². The van der Waals surface area contributed by atoms with Crippen molar-refractivity contribution in [2.75, 3.05) is 17.9 Å². The largest absolute Gasteiger partial charge is 0.376 e. The molecule has 1 aliphatic heterocycles. The smallest absolute Gasteiger partial charge is 0.255 e. The van der Waals surface area contributed by atoms with Gasteiger partial charge in [-0.15, -0.1) is 0 Å². The molecule has 3 rings (SSSR count). The first-order valence-electron chi connectivity index (χ1n) is 8.78. The average Bonchev–Trinajstić information content (AvgIpc) is 3.19.